The zero-order valence-corrected chi connectivity index (χ0v) is 15.4. The lowest BCUT2D eigenvalue weighted by Crippen LogP contribution is -2.11. The van der Waals surface area contributed by atoms with E-state index in [0.717, 1.165) is 14.6 Å². The van der Waals surface area contributed by atoms with Gasteiger partial charge in [-0.05, 0) is 30.8 Å². The molecule has 0 bridgehead atoms. The van der Waals surface area contributed by atoms with Crippen molar-refractivity contribution in [2.45, 2.75) is 22.5 Å². The number of anilines is 1. The molecule has 0 fully saturated rings. The Morgan fingerprint density at radius 3 is 2.96 bits per heavy atom. The number of nitrogens with zero attached hydrogens (tertiary/aromatic N) is 5. The van der Waals surface area contributed by atoms with E-state index in [-0.39, 0.29) is 12.6 Å². The second-order valence-electron chi connectivity index (χ2n) is 5.40. The fraction of sp³-hybridized carbons (Fsp3) is 0.200. The molecule has 3 aromatic heterocycles. The van der Waals surface area contributed by atoms with E-state index in [2.05, 4.69) is 19.9 Å². The largest absolute Gasteiger partial charge is 0.394 e. The van der Waals surface area contributed by atoms with E-state index in [9.17, 15) is 5.11 Å². The van der Waals surface area contributed by atoms with Gasteiger partial charge in [0.25, 0.3) is 0 Å². The van der Waals surface area contributed by atoms with Crippen LogP contribution in [0.3, 0.4) is 0 Å². The normalized spacial score (nSPS) is 12.9. The standard InChI is InChI=1S/C15H13ClN6OS2/c1-7(5-23)22-13-10(12(17)18-6-19-13)21-14(22)25-15-20-9-4-2-3-8(16)11(9)24-15/h2-4,6-7,23H,5H2,1H3,(H2,17,18,19). The summed E-state index contributed by atoms with van der Waals surface area (Å²) in [6.45, 7) is 1.84. The predicted octanol–water partition coefficient (Wildman–Crippen LogP) is 3.38. The van der Waals surface area contributed by atoms with Gasteiger partial charge in [0.1, 0.15) is 6.33 Å². The Morgan fingerprint density at radius 1 is 1.36 bits per heavy atom. The molecule has 10 heteroatoms. The zero-order chi connectivity index (χ0) is 17.6. The van der Waals surface area contributed by atoms with Crippen LogP contribution in [0.1, 0.15) is 13.0 Å². The van der Waals surface area contributed by atoms with Gasteiger partial charge in [0.05, 0.1) is 27.9 Å². The molecule has 0 aliphatic heterocycles. The molecule has 25 heavy (non-hydrogen) atoms. The van der Waals surface area contributed by atoms with Gasteiger partial charge < -0.3 is 10.8 Å². The van der Waals surface area contributed by atoms with Crippen LogP contribution in [0.15, 0.2) is 34.0 Å². The van der Waals surface area contributed by atoms with E-state index in [4.69, 9.17) is 17.3 Å². The van der Waals surface area contributed by atoms with Gasteiger partial charge in [0.15, 0.2) is 26.5 Å². The van der Waals surface area contributed by atoms with Gasteiger partial charge >= 0.3 is 0 Å². The molecule has 0 saturated heterocycles. The first kappa shape index (κ1) is 16.5. The summed E-state index contributed by atoms with van der Waals surface area (Å²) in [7, 11) is 0. The molecule has 3 N–H and O–H groups in total. The monoisotopic (exact) mass is 392 g/mol. The number of rotatable bonds is 4. The van der Waals surface area contributed by atoms with Gasteiger partial charge in [0, 0.05) is 0 Å². The van der Waals surface area contributed by atoms with E-state index in [1.807, 2.05) is 29.7 Å². The quantitative estimate of drug-likeness (QED) is 0.548. The van der Waals surface area contributed by atoms with Crippen LogP contribution in [-0.2, 0) is 0 Å². The number of aromatic nitrogens is 5. The molecule has 128 valence electrons. The molecule has 0 spiro atoms. The van der Waals surface area contributed by atoms with Crippen LogP contribution in [0.5, 0.6) is 0 Å². The summed E-state index contributed by atoms with van der Waals surface area (Å²) < 4.78 is 3.59. The highest BCUT2D eigenvalue weighted by Crippen LogP contribution is 2.38. The number of imidazole rings is 1. The molecular weight excluding hydrogens is 380 g/mol. The van der Waals surface area contributed by atoms with Gasteiger partial charge in [0.2, 0.25) is 0 Å². The van der Waals surface area contributed by atoms with Gasteiger partial charge in [-0.3, -0.25) is 4.57 Å². The van der Waals surface area contributed by atoms with Crippen LogP contribution >= 0.6 is 34.7 Å². The molecule has 0 aliphatic rings. The summed E-state index contributed by atoms with van der Waals surface area (Å²) in [5.74, 6) is 0.308. The predicted molar refractivity (Wildman–Crippen MR) is 100 cm³/mol. The lowest BCUT2D eigenvalue weighted by atomic mass is 10.3. The lowest BCUT2D eigenvalue weighted by molar-refractivity contribution is 0.235. The number of benzene rings is 1. The lowest BCUT2D eigenvalue weighted by Gasteiger charge is -2.13. The van der Waals surface area contributed by atoms with Crippen molar-refractivity contribution in [1.82, 2.24) is 24.5 Å². The summed E-state index contributed by atoms with van der Waals surface area (Å²) >= 11 is 9.13. The molecule has 0 amide bonds. The first-order valence-corrected chi connectivity index (χ1v) is 9.41. The Morgan fingerprint density at radius 2 is 2.20 bits per heavy atom. The van der Waals surface area contributed by atoms with Crippen molar-refractivity contribution in [3.05, 3.63) is 29.5 Å². The van der Waals surface area contributed by atoms with E-state index >= 15 is 0 Å². The number of aliphatic hydroxyl groups is 1. The summed E-state index contributed by atoms with van der Waals surface area (Å²) in [5, 5.41) is 10.9. The third-order valence-electron chi connectivity index (χ3n) is 3.70. The number of aliphatic hydroxyl groups excluding tert-OH is 1. The maximum atomic E-state index is 9.61. The molecule has 0 aliphatic carbocycles. The van der Waals surface area contributed by atoms with Crippen LogP contribution in [0, 0.1) is 0 Å². The molecule has 0 radical (unpaired) electrons. The Hall–Kier alpha value is -1.94. The van der Waals surface area contributed by atoms with Crippen molar-refractivity contribution in [3.8, 4) is 0 Å². The minimum Gasteiger partial charge on any atom is -0.394 e. The molecule has 1 unspecified atom stereocenters. The first-order chi connectivity index (χ1) is 12.1. The second kappa shape index (κ2) is 6.41. The van der Waals surface area contributed by atoms with E-state index in [0.29, 0.717) is 27.2 Å². The van der Waals surface area contributed by atoms with Crippen molar-refractivity contribution in [2.24, 2.45) is 0 Å². The average molecular weight is 393 g/mol. The number of nitrogen functional groups attached to an aromatic ring is 1. The molecule has 1 aromatic carbocycles. The van der Waals surface area contributed by atoms with Crippen LogP contribution in [0.2, 0.25) is 5.02 Å². The number of hydrogen-bond acceptors (Lipinski definition) is 8. The topological polar surface area (TPSA) is 103 Å². The molecular formula is C15H13ClN6OS2. The Kier molecular flexibility index (Phi) is 4.24. The van der Waals surface area contributed by atoms with Gasteiger partial charge in [-0.2, -0.15) is 0 Å². The van der Waals surface area contributed by atoms with Crippen molar-refractivity contribution in [3.63, 3.8) is 0 Å². The van der Waals surface area contributed by atoms with Crippen molar-refractivity contribution in [2.75, 3.05) is 12.3 Å². The molecule has 4 aromatic rings. The minimum absolute atomic E-state index is 0.0470. The third-order valence-corrected chi connectivity index (χ3v) is 6.27. The van der Waals surface area contributed by atoms with E-state index < -0.39 is 0 Å². The fourth-order valence-electron chi connectivity index (χ4n) is 2.47. The van der Waals surface area contributed by atoms with Crippen LogP contribution < -0.4 is 5.73 Å². The van der Waals surface area contributed by atoms with Crippen LogP contribution in [-0.4, -0.2) is 36.2 Å². The maximum absolute atomic E-state index is 9.61. The smallest absolute Gasteiger partial charge is 0.177 e. The maximum Gasteiger partial charge on any atom is 0.177 e. The van der Waals surface area contributed by atoms with E-state index in [1.54, 1.807) is 0 Å². The molecule has 4 rings (SSSR count). The van der Waals surface area contributed by atoms with Crippen molar-refractivity contribution >= 4 is 61.9 Å². The number of thiazole rings is 1. The summed E-state index contributed by atoms with van der Waals surface area (Å²) in [4.78, 5) is 17.4. The highest BCUT2D eigenvalue weighted by atomic mass is 35.5. The Balaban J connectivity index is 1.84. The molecule has 1 atom stereocenters. The Labute approximate surface area is 155 Å². The third kappa shape index (κ3) is 2.82. The number of halogens is 1. The average Bonchev–Trinajstić information content (AvgIpc) is 3.17. The van der Waals surface area contributed by atoms with Crippen LogP contribution in [0.25, 0.3) is 21.4 Å². The van der Waals surface area contributed by atoms with Gasteiger partial charge in [-0.15, -0.1) is 11.3 Å². The summed E-state index contributed by atoms with van der Waals surface area (Å²) in [6.07, 6.45) is 1.39. The van der Waals surface area contributed by atoms with Crippen molar-refractivity contribution < 1.29 is 5.11 Å². The SMILES string of the molecule is CC(CO)n1c(Sc2nc3cccc(Cl)c3s2)nc2c(N)ncnc21. The van der Waals surface area contributed by atoms with Gasteiger partial charge in [-0.1, -0.05) is 17.7 Å². The second-order valence-corrected chi connectivity index (χ2v) is 8.02. The summed E-state index contributed by atoms with van der Waals surface area (Å²) in [6, 6.07) is 5.43. The van der Waals surface area contributed by atoms with Crippen LogP contribution in [0.4, 0.5) is 5.82 Å². The summed E-state index contributed by atoms with van der Waals surface area (Å²) in [5.41, 5.74) is 7.88. The highest BCUT2D eigenvalue weighted by Gasteiger charge is 2.21. The Bertz CT molecular complexity index is 1080. The fourth-order valence-corrected chi connectivity index (χ4v) is 4.90. The molecule has 7 nitrogen and oxygen atoms in total. The zero-order valence-electron chi connectivity index (χ0n) is 13.0. The van der Waals surface area contributed by atoms with Gasteiger partial charge in [-0.25, -0.2) is 19.9 Å². The number of fused-ring (bicyclic) bond motifs is 2. The number of hydrogen-bond donors (Lipinski definition) is 2. The minimum atomic E-state index is -0.209. The highest BCUT2D eigenvalue weighted by molar-refractivity contribution is 8.01. The number of nitrogens with two attached hydrogens (primary N) is 1. The van der Waals surface area contributed by atoms with E-state index in [1.165, 1.54) is 29.4 Å². The first-order valence-electron chi connectivity index (χ1n) is 7.40. The molecule has 3 heterocycles. The van der Waals surface area contributed by atoms with Crippen molar-refractivity contribution in [1.29, 1.82) is 0 Å². The molecule has 0 saturated carbocycles.